The van der Waals surface area contributed by atoms with E-state index >= 15 is 0 Å². The smallest absolute Gasteiger partial charge is 0.222 e. The normalized spacial score (nSPS) is 19.4. The minimum absolute atomic E-state index is 0.371. The first-order chi connectivity index (χ1) is 13.2. The Morgan fingerprint density at radius 2 is 1.89 bits per heavy atom. The Balaban J connectivity index is 1.40. The number of carbonyl (C=O) groups is 1. The lowest BCUT2D eigenvalue weighted by molar-refractivity contribution is -0.133. The molecule has 2 aliphatic rings. The molecular formula is C22H30N4O. The quantitative estimate of drug-likeness (QED) is 0.806. The van der Waals surface area contributed by atoms with Crippen LogP contribution in [0.15, 0.2) is 30.7 Å². The van der Waals surface area contributed by atoms with Crippen LogP contribution in [0.4, 0.5) is 0 Å². The summed E-state index contributed by atoms with van der Waals surface area (Å²) in [7, 11) is 0. The van der Waals surface area contributed by atoms with Crippen molar-refractivity contribution in [2.75, 3.05) is 13.1 Å². The first-order valence-electron chi connectivity index (χ1n) is 10.4. The number of hydrogen-bond acceptors (Lipinski definition) is 3. The first-order valence-corrected chi connectivity index (χ1v) is 10.4. The number of aromatic nitrogens is 3. The minimum atomic E-state index is 0.371. The SMILES string of the molecule is Cc1cnc(-c2cccnc2)n1C1CCN(C(=O)CC2CCCCC2)CC1. The maximum Gasteiger partial charge on any atom is 0.222 e. The summed E-state index contributed by atoms with van der Waals surface area (Å²) >= 11 is 0. The van der Waals surface area contributed by atoms with Crippen molar-refractivity contribution < 1.29 is 4.79 Å². The van der Waals surface area contributed by atoms with Crippen LogP contribution in [0, 0.1) is 12.8 Å². The van der Waals surface area contributed by atoms with Gasteiger partial charge in [0, 0.05) is 55.4 Å². The van der Waals surface area contributed by atoms with E-state index in [-0.39, 0.29) is 0 Å². The van der Waals surface area contributed by atoms with Gasteiger partial charge in [-0.05, 0) is 50.7 Å². The molecule has 1 saturated carbocycles. The minimum Gasteiger partial charge on any atom is -0.343 e. The predicted molar refractivity (Wildman–Crippen MR) is 106 cm³/mol. The number of imidazole rings is 1. The fraction of sp³-hybridized carbons (Fsp3) is 0.591. The monoisotopic (exact) mass is 366 g/mol. The first kappa shape index (κ1) is 18.2. The number of hydrogen-bond donors (Lipinski definition) is 0. The van der Waals surface area contributed by atoms with E-state index < -0.39 is 0 Å². The van der Waals surface area contributed by atoms with E-state index in [2.05, 4.69) is 32.4 Å². The fourth-order valence-electron chi connectivity index (χ4n) is 4.76. The summed E-state index contributed by atoms with van der Waals surface area (Å²) in [5, 5.41) is 0. The van der Waals surface area contributed by atoms with Crippen molar-refractivity contribution in [1.82, 2.24) is 19.4 Å². The van der Waals surface area contributed by atoms with Gasteiger partial charge in [0.15, 0.2) is 0 Å². The second-order valence-electron chi connectivity index (χ2n) is 8.16. The highest BCUT2D eigenvalue weighted by molar-refractivity contribution is 5.76. The van der Waals surface area contributed by atoms with Crippen molar-refractivity contribution in [2.24, 2.45) is 5.92 Å². The number of rotatable bonds is 4. The summed E-state index contributed by atoms with van der Waals surface area (Å²) in [6.45, 7) is 3.84. The fourth-order valence-corrected chi connectivity index (χ4v) is 4.76. The number of nitrogens with zero attached hydrogens (tertiary/aromatic N) is 4. The highest BCUT2D eigenvalue weighted by atomic mass is 16.2. The molecule has 0 spiro atoms. The molecule has 27 heavy (non-hydrogen) atoms. The van der Waals surface area contributed by atoms with Crippen LogP contribution in [0.2, 0.25) is 0 Å². The Bertz CT molecular complexity index is 756. The summed E-state index contributed by atoms with van der Waals surface area (Å²) in [4.78, 5) is 23.7. The van der Waals surface area contributed by atoms with Crippen LogP contribution in [0.1, 0.15) is 63.1 Å². The number of aryl methyl sites for hydroxylation is 1. The molecule has 2 aromatic heterocycles. The largest absolute Gasteiger partial charge is 0.343 e. The standard InChI is InChI=1S/C22H30N4O/c1-17-15-24-22(19-8-5-11-23-16-19)26(17)20-9-12-25(13-10-20)21(27)14-18-6-3-2-4-7-18/h5,8,11,15-16,18,20H,2-4,6-7,9-10,12-14H2,1H3. The molecule has 1 aliphatic carbocycles. The Labute approximate surface area is 161 Å². The topological polar surface area (TPSA) is 51.0 Å². The van der Waals surface area contributed by atoms with E-state index in [9.17, 15) is 4.79 Å². The molecular weight excluding hydrogens is 336 g/mol. The summed E-state index contributed by atoms with van der Waals surface area (Å²) in [6.07, 6.45) is 14.8. The molecule has 0 aromatic carbocycles. The average Bonchev–Trinajstić information content (AvgIpc) is 3.11. The Kier molecular flexibility index (Phi) is 5.55. The third-order valence-corrected chi connectivity index (χ3v) is 6.27. The lowest BCUT2D eigenvalue weighted by atomic mass is 9.86. The van der Waals surface area contributed by atoms with Gasteiger partial charge in [-0.3, -0.25) is 9.78 Å². The zero-order valence-electron chi connectivity index (χ0n) is 16.3. The third-order valence-electron chi connectivity index (χ3n) is 6.27. The molecule has 4 rings (SSSR count). The predicted octanol–water partition coefficient (Wildman–Crippen LogP) is 4.39. The van der Waals surface area contributed by atoms with Crippen LogP contribution >= 0.6 is 0 Å². The van der Waals surface area contributed by atoms with Crippen LogP contribution in [-0.4, -0.2) is 38.4 Å². The number of carbonyl (C=O) groups excluding carboxylic acids is 1. The van der Waals surface area contributed by atoms with E-state index in [4.69, 9.17) is 0 Å². The molecule has 1 saturated heterocycles. The second-order valence-corrected chi connectivity index (χ2v) is 8.16. The summed E-state index contributed by atoms with van der Waals surface area (Å²) in [5.74, 6) is 1.99. The molecule has 5 heteroatoms. The van der Waals surface area contributed by atoms with Gasteiger partial charge in [-0.2, -0.15) is 0 Å². The van der Waals surface area contributed by atoms with Gasteiger partial charge >= 0.3 is 0 Å². The van der Waals surface area contributed by atoms with Gasteiger partial charge in [-0.15, -0.1) is 0 Å². The van der Waals surface area contributed by atoms with Crippen molar-refractivity contribution >= 4 is 5.91 Å². The molecule has 144 valence electrons. The van der Waals surface area contributed by atoms with Crippen LogP contribution in [0.3, 0.4) is 0 Å². The molecule has 2 aromatic rings. The number of likely N-dealkylation sites (tertiary alicyclic amines) is 1. The van der Waals surface area contributed by atoms with E-state index in [1.54, 1.807) is 6.20 Å². The van der Waals surface area contributed by atoms with Crippen LogP contribution < -0.4 is 0 Å². The van der Waals surface area contributed by atoms with E-state index in [0.717, 1.165) is 43.7 Å². The van der Waals surface area contributed by atoms with Gasteiger partial charge in [0.05, 0.1) is 0 Å². The molecule has 0 atom stereocenters. The van der Waals surface area contributed by atoms with Gasteiger partial charge in [0.2, 0.25) is 5.91 Å². The number of pyridine rings is 1. The summed E-state index contributed by atoms with van der Waals surface area (Å²) < 4.78 is 2.35. The Morgan fingerprint density at radius 1 is 1.11 bits per heavy atom. The van der Waals surface area contributed by atoms with Crippen LogP contribution in [-0.2, 0) is 4.79 Å². The van der Waals surface area contributed by atoms with Gasteiger partial charge in [-0.25, -0.2) is 4.98 Å². The zero-order valence-corrected chi connectivity index (χ0v) is 16.3. The van der Waals surface area contributed by atoms with E-state index in [1.807, 2.05) is 18.5 Å². The number of amides is 1. The van der Waals surface area contributed by atoms with Crippen molar-refractivity contribution in [3.8, 4) is 11.4 Å². The summed E-state index contributed by atoms with van der Waals surface area (Å²) in [6, 6.07) is 4.42. The maximum atomic E-state index is 12.7. The molecule has 1 aliphatic heterocycles. The summed E-state index contributed by atoms with van der Waals surface area (Å²) in [5.41, 5.74) is 2.24. The van der Waals surface area contributed by atoms with Crippen LogP contribution in [0.25, 0.3) is 11.4 Å². The van der Waals surface area contributed by atoms with Gasteiger partial charge in [0.1, 0.15) is 5.82 Å². The molecule has 2 fully saturated rings. The molecule has 0 bridgehead atoms. The molecule has 3 heterocycles. The highest BCUT2D eigenvalue weighted by Gasteiger charge is 2.28. The van der Waals surface area contributed by atoms with E-state index in [1.165, 1.54) is 37.8 Å². The maximum absolute atomic E-state index is 12.7. The van der Waals surface area contributed by atoms with Gasteiger partial charge < -0.3 is 9.47 Å². The lowest BCUT2D eigenvalue weighted by Crippen LogP contribution is -2.40. The van der Waals surface area contributed by atoms with E-state index in [0.29, 0.717) is 17.9 Å². The molecule has 1 amide bonds. The van der Waals surface area contributed by atoms with Crippen molar-refractivity contribution in [3.63, 3.8) is 0 Å². The van der Waals surface area contributed by atoms with Gasteiger partial charge in [0.25, 0.3) is 0 Å². The van der Waals surface area contributed by atoms with Crippen molar-refractivity contribution in [2.45, 2.75) is 64.3 Å². The highest BCUT2D eigenvalue weighted by Crippen LogP contribution is 2.31. The average molecular weight is 367 g/mol. The second kappa shape index (κ2) is 8.24. The Hall–Kier alpha value is -2.17. The molecule has 0 radical (unpaired) electrons. The van der Waals surface area contributed by atoms with Crippen molar-refractivity contribution in [1.29, 1.82) is 0 Å². The van der Waals surface area contributed by atoms with Gasteiger partial charge in [-0.1, -0.05) is 19.3 Å². The van der Waals surface area contributed by atoms with Crippen molar-refractivity contribution in [3.05, 3.63) is 36.4 Å². The number of piperidine rings is 1. The van der Waals surface area contributed by atoms with Crippen LogP contribution in [0.5, 0.6) is 0 Å². The molecule has 0 N–H and O–H groups in total. The molecule has 0 unspecified atom stereocenters. The zero-order chi connectivity index (χ0) is 18.6. The lowest BCUT2D eigenvalue weighted by Gasteiger charge is -2.35. The molecule has 5 nitrogen and oxygen atoms in total. The Morgan fingerprint density at radius 3 is 2.59 bits per heavy atom. The third kappa shape index (κ3) is 4.07.